The van der Waals surface area contributed by atoms with Crippen molar-refractivity contribution in [1.82, 2.24) is 14.8 Å². The predicted octanol–water partition coefficient (Wildman–Crippen LogP) is 7.24. The van der Waals surface area contributed by atoms with Gasteiger partial charge < -0.3 is 19.5 Å². The number of rotatable bonds is 12. The Hall–Kier alpha value is -5.06. The highest BCUT2D eigenvalue weighted by atomic mass is 35.5. The van der Waals surface area contributed by atoms with Crippen molar-refractivity contribution < 1.29 is 23.8 Å². The summed E-state index contributed by atoms with van der Waals surface area (Å²) < 4.78 is 18.4. The van der Waals surface area contributed by atoms with Crippen molar-refractivity contribution in [2.75, 3.05) is 32.4 Å². The summed E-state index contributed by atoms with van der Waals surface area (Å²) in [6.45, 7) is 0. The number of nitrogens with one attached hydrogen (secondary N) is 1. The van der Waals surface area contributed by atoms with Crippen molar-refractivity contribution in [3.63, 3.8) is 0 Å². The molecule has 45 heavy (non-hydrogen) atoms. The Balaban J connectivity index is 1.30. The molecule has 0 aliphatic heterocycles. The minimum Gasteiger partial charge on any atom is -0.493 e. The van der Waals surface area contributed by atoms with Gasteiger partial charge in [0.25, 0.3) is 0 Å². The normalized spacial score (nSPS) is 10.9. The molecule has 0 spiro atoms. The molecule has 0 radical (unpaired) electrons. The van der Waals surface area contributed by atoms with Gasteiger partial charge in [-0.3, -0.25) is 14.2 Å². The van der Waals surface area contributed by atoms with Gasteiger partial charge in [-0.15, -0.1) is 10.2 Å². The van der Waals surface area contributed by atoms with E-state index in [2.05, 4.69) is 15.5 Å². The quantitative estimate of drug-likeness (QED) is 0.0865. The molecule has 0 fully saturated rings. The highest BCUT2D eigenvalue weighted by molar-refractivity contribution is 7.99. The monoisotopic (exact) mass is 640 g/mol. The molecule has 9 nitrogen and oxygen atoms in total. The molecule has 5 rings (SSSR count). The van der Waals surface area contributed by atoms with E-state index >= 15 is 0 Å². The number of ether oxygens (including phenoxy) is 3. The zero-order valence-electron chi connectivity index (χ0n) is 24.7. The van der Waals surface area contributed by atoms with Crippen LogP contribution in [0.4, 0.5) is 5.69 Å². The second-order valence-electron chi connectivity index (χ2n) is 9.55. The maximum absolute atomic E-state index is 12.9. The first-order chi connectivity index (χ1) is 21.9. The van der Waals surface area contributed by atoms with E-state index in [1.807, 2.05) is 47.0 Å². The Morgan fingerprint density at radius 2 is 1.53 bits per heavy atom. The van der Waals surface area contributed by atoms with Gasteiger partial charge in [-0.1, -0.05) is 59.8 Å². The second kappa shape index (κ2) is 14.6. The second-order valence-corrected chi connectivity index (χ2v) is 10.9. The summed E-state index contributed by atoms with van der Waals surface area (Å²) in [5, 5.41) is 12.9. The van der Waals surface area contributed by atoms with E-state index in [0.717, 1.165) is 11.3 Å². The van der Waals surface area contributed by atoms with Gasteiger partial charge >= 0.3 is 0 Å². The largest absolute Gasteiger partial charge is 0.493 e. The van der Waals surface area contributed by atoms with Gasteiger partial charge in [-0.05, 0) is 72.3 Å². The number of para-hydroxylation sites is 1. The number of hydrogen-bond donors (Lipinski definition) is 1. The summed E-state index contributed by atoms with van der Waals surface area (Å²) in [6, 6.07) is 27.1. The maximum Gasteiger partial charge on any atom is 0.234 e. The van der Waals surface area contributed by atoms with Crippen LogP contribution in [0.2, 0.25) is 5.02 Å². The molecule has 228 valence electrons. The molecule has 1 amide bonds. The summed E-state index contributed by atoms with van der Waals surface area (Å²) in [4.78, 5) is 25.5. The van der Waals surface area contributed by atoms with Crippen molar-refractivity contribution in [1.29, 1.82) is 0 Å². The standard InChI is InChI=1S/C34H29ClN4O5S/c1-42-29-19-24(20-30(43-2)32(29)44-3)33-37-38-34(39(33)27-7-5-4-6-8-27)45-21-31(41)36-26-16-12-23(13-17-26)28(40)18-11-22-9-14-25(35)15-10-22/h4-20H,21H2,1-3H3,(H,36,41)/b18-11+. The third-order valence-corrected chi connectivity index (χ3v) is 7.83. The number of halogens is 1. The molecule has 0 bridgehead atoms. The molecule has 5 aromatic rings. The Kier molecular flexibility index (Phi) is 10.2. The zero-order chi connectivity index (χ0) is 31.8. The Morgan fingerprint density at radius 1 is 0.867 bits per heavy atom. The van der Waals surface area contributed by atoms with Crippen LogP contribution in [0.5, 0.6) is 17.2 Å². The number of ketones is 1. The number of thioether (sulfide) groups is 1. The summed E-state index contributed by atoms with van der Waals surface area (Å²) in [5.41, 5.74) is 3.45. The molecule has 0 saturated heterocycles. The molecule has 0 aliphatic rings. The average Bonchev–Trinajstić information content (AvgIpc) is 3.51. The molecule has 0 unspecified atom stereocenters. The molecule has 1 heterocycles. The van der Waals surface area contributed by atoms with Gasteiger partial charge in [0.05, 0.1) is 27.1 Å². The number of benzene rings is 4. The number of amides is 1. The van der Waals surface area contributed by atoms with E-state index in [-0.39, 0.29) is 17.4 Å². The molecule has 0 saturated carbocycles. The van der Waals surface area contributed by atoms with Crippen LogP contribution in [0.25, 0.3) is 23.2 Å². The first kappa shape index (κ1) is 31.4. The van der Waals surface area contributed by atoms with Crippen LogP contribution >= 0.6 is 23.4 Å². The lowest BCUT2D eigenvalue weighted by atomic mass is 10.1. The molecule has 0 aliphatic carbocycles. The van der Waals surface area contributed by atoms with E-state index in [4.69, 9.17) is 25.8 Å². The molecule has 1 N–H and O–H groups in total. The number of methoxy groups -OCH3 is 3. The molecule has 1 aromatic heterocycles. The van der Waals surface area contributed by atoms with Crippen molar-refractivity contribution in [2.24, 2.45) is 0 Å². The summed E-state index contributed by atoms with van der Waals surface area (Å²) in [6.07, 6.45) is 3.23. The van der Waals surface area contributed by atoms with E-state index in [1.165, 1.54) is 17.8 Å². The van der Waals surface area contributed by atoms with E-state index in [0.29, 0.717) is 50.1 Å². The van der Waals surface area contributed by atoms with E-state index in [1.54, 1.807) is 75.9 Å². The number of carbonyl (C=O) groups is 2. The highest BCUT2D eigenvalue weighted by Crippen LogP contribution is 2.41. The Morgan fingerprint density at radius 3 is 2.16 bits per heavy atom. The number of nitrogens with zero attached hydrogens (tertiary/aromatic N) is 3. The van der Waals surface area contributed by atoms with Gasteiger partial charge in [0.2, 0.25) is 11.7 Å². The molecule has 4 aromatic carbocycles. The third-order valence-electron chi connectivity index (χ3n) is 6.65. The van der Waals surface area contributed by atoms with Crippen LogP contribution in [0.1, 0.15) is 15.9 Å². The fourth-order valence-electron chi connectivity index (χ4n) is 4.46. The summed E-state index contributed by atoms with van der Waals surface area (Å²) >= 11 is 7.16. The lowest BCUT2D eigenvalue weighted by molar-refractivity contribution is -0.113. The molecule has 11 heteroatoms. The fourth-order valence-corrected chi connectivity index (χ4v) is 5.34. The SMILES string of the molecule is COc1cc(-c2nnc(SCC(=O)Nc3ccc(C(=O)/C=C/c4ccc(Cl)cc4)cc3)n2-c2ccccc2)cc(OC)c1OC. The minimum absolute atomic E-state index is 0.0741. The number of allylic oxidation sites excluding steroid dienone is 1. The van der Waals surface area contributed by atoms with Gasteiger partial charge in [0, 0.05) is 27.5 Å². The van der Waals surface area contributed by atoms with Crippen molar-refractivity contribution in [3.05, 3.63) is 113 Å². The minimum atomic E-state index is -0.237. The fraction of sp³-hybridized carbons (Fsp3) is 0.118. The van der Waals surface area contributed by atoms with Gasteiger partial charge in [0.15, 0.2) is 28.3 Å². The first-order valence-electron chi connectivity index (χ1n) is 13.7. The summed E-state index contributed by atoms with van der Waals surface area (Å²) in [7, 11) is 4.64. The Labute approximate surface area is 269 Å². The van der Waals surface area contributed by atoms with Crippen LogP contribution in [-0.2, 0) is 4.79 Å². The Bertz CT molecular complexity index is 1800. The van der Waals surface area contributed by atoms with Crippen LogP contribution in [0, 0.1) is 0 Å². The van der Waals surface area contributed by atoms with Gasteiger partial charge in [-0.2, -0.15) is 0 Å². The highest BCUT2D eigenvalue weighted by Gasteiger charge is 2.21. The average molecular weight is 641 g/mol. The van der Waals surface area contributed by atoms with Crippen LogP contribution < -0.4 is 19.5 Å². The smallest absolute Gasteiger partial charge is 0.234 e. The molecular formula is C34H29ClN4O5S. The number of carbonyl (C=O) groups excluding carboxylic acids is 2. The topological polar surface area (TPSA) is 105 Å². The molecule has 0 atom stereocenters. The van der Waals surface area contributed by atoms with E-state index in [9.17, 15) is 9.59 Å². The van der Waals surface area contributed by atoms with Gasteiger partial charge in [0.1, 0.15) is 0 Å². The van der Waals surface area contributed by atoms with Crippen LogP contribution in [-0.4, -0.2) is 53.5 Å². The molecular weight excluding hydrogens is 612 g/mol. The third kappa shape index (κ3) is 7.54. The number of anilines is 1. The van der Waals surface area contributed by atoms with E-state index < -0.39 is 0 Å². The first-order valence-corrected chi connectivity index (χ1v) is 15.1. The summed E-state index contributed by atoms with van der Waals surface area (Å²) in [5.74, 6) is 1.65. The zero-order valence-corrected chi connectivity index (χ0v) is 26.3. The van der Waals surface area contributed by atoms with Crippen molar-refractivity contribution >= 4 is 46.8 Å². The lowest BCUT2D eigenvalue weighted by Crippen LogP contribution is -2.14. The lowest BCUT2D eigenvalue weighted by Gasteiger charge is -2.15. The van der Waals surface area contributed by atoms with Crippen LogP contribution in [0.15, 0.2) is 102 Å². The van der Waals surface area contributed by atoms with Crippen molar-refractivity contribution in [3.8, 4) is 34.3 Å². The van der Waals surface area contributed by atoms with Gasteiger partial charge in [-0.25, -0.2) is 0 Å². The van der Waals surface area contributed by atoms with Crippen molar-refractivity contribution in [2.45, 2.75) is 5.16 Å². The number of hydrogen-bond acceptors (Lipinski definition) is 8. The van der Waals surface area contributed by atoms with Crippen LogP contribution in [0.3, 0.4) is 0 Å². The number of aromatic nitrogens is 3. The maximum atomic E-state index is 12.9. The predicted molar refractivity (Wildman–Crippen MR) is 177 cm³/mol.